The van der Waals surface area contributed by atoms with Gasteiger partial charge in [0.15, 0.2) is 10.2 Å². The molecule has 4 saturated carbocycles. The van der Waals surface area contributed by atoms with E-state index in [1.165, 1.54) is 38.5 Å². The first kappa shape index (κ1) is 12.6. The summed E-state index contributed by atoms with van der Waals surface area (Å²) in [6, 6.07) is 0. The topological polar surface area (TPSA) is 66.2 Å². The lowest BCUT2D eigenvalue weighted by Gasteiger charge is -2.28. The van der Waals surface area contributed by atoms with E-state index in [-0.39, 0.29) is 12.2 Å². The zero-order valence-corrected chi connectivity index (χ0v) is 12.2. The van der Waals surface area contributed by atoms with Gasteiger partial charge in [-0.1, -0.05) is 0 Å². The van der Waals surface area contributed by atoms with E-state index in [0.29, 0.717) is 11.8 Å². The van der Waals surface area contributed by atoms with Gasteiger partial charge in [-0.25, -0.2) is 9.56 Å². The summed E-state index contributed by atoms with van der Waals surface area (Å²) in [5.41, 5.74) is 0. The lowest BCUT2D eigenvalue weighted by molar-refractivity contribution is 0.0948. The van der Waals surface area contributed by atoms with Crippen molar-refractivity contribution in [2.45, 2.75) is 63.6 Å². The molecule has 6 atom stereocenters. The summed E-state index contributed by atoms with van der Waals surface area (Å²) in [5.74, 6) is 2.81. The van der Waals surface area contributed by atoms with E-state index >= 15 is 0 Å². The van der Waals surface area contributed by atoms with E-state index in [9.17, 15) is 0 Å². The maximum Gasteiger partial charge on any atom is 0.176 e. The first-order chi connectivity index (χ1) is 9.09. The van der Waals surface area contributed by atoms with Gasteiger partial charge in [-0.3, -0.25) is 8.37 Å². The molecule has 0 aromatic heterocycles. The molecule has 2 N–H and O–H groups in total. The van der Waals surface area contributed by atoms with E-state index in [1.807, 2.05) is 0 Å². The fourth-order valence-electron chi connectivity index (χ4n) is 4.98. The molecule has 0 aromatic rings. The molecule has 0 heterocycles. The second-order valence-corrected chi connectivity index (χ2v) is 8.51. The molecule has 4 nitrogen and oxygen atoms in total. The lowest BCUT2D eigenvalue weighted by Crippen LogP contribution is -2.29. The third-order valence-electron chi connectivity index (χ3n) is 5.86. The van der Waals surface area contributed by atoms with Crippen molar-refractivity contribution in [1.29, 1.82) is 9.56 Å². The molecule has 0 aliphatic heterocycles. The molecule has 4 rings (SSSR count). The lowest BCUT2D eigenvalue weighted by atomic mass is 9.98. The summed E-state index contributed by atoms with van der Waals surface area (Å²) in [7, 11) is -2.79. The summed E-state index contributed by atoms with van der Waals surface area (Å²) in [4.78, 5) is 0. The fourth-order valence-corrected chi connectivity index (χ4v) is 6.19. The predicted molar refractivity (Wildman–Crippen MR) is 73.4 cm³/mol. The molecular weight excluding hydrogens is 260 g/mol. The molecule has 108 valence electrons. The Labute approximate surface area is 116 Å². The highest BCUT2D eigenvalue weighted by Crippen LogP contribution is 2.48. The summed E-state index contributed by atoms with van der Waals surface area (Å²) in [5, 5.41) is 0. The van der Waals surface area contributed by atoms with Gasteiger partial charge in [0.2, 0.25) is 0 Å². The minimum atomic E-state index is -2.79. The Kier molecular flexibility index (Phi) is 2.94. The number of hydrogen-bond donors (Lipinski definition) is 2. The van der Waals surface area contributed by atoms with Crippen LogP contribution in [0.15, 0.2) is 0 Å². The standard InChI is InChI=1S/C14H24N2O2S/c15-19(16,17-13-7-9-1-3-11(13)5-9)18-14-8-10-2-4-12(14)6-10/h9-16H,1-8H2. The molecular formula is C14H24N2O2S. The highest BCUT2D eigenvalue weighted by atomic mass is 32.2. The molecule has 4 bridgehead atoms. The van der Waals surface area contributed by atoms with Crippen LogP contribution in [0.25, 0.3) is 0 Å². The van der Waals surface area contributed by atoms with Crippen molar-refractivity contribution in [2.24, 2.45) is 23.7 Å². The van der Waals surface area contributed by atoms with Crippen molar-refractivity contribution in [2.75, 3.05) is 0 Å². The van der Waals surface area contributed by atoms with Gasteiger partial charge < -0.3 is 0 Å². The van der Waals surface area contributed by atoms with Crippen molar-refractivity contribution >= 4 is 10.2 Å². The molecule has 0 amide bonds. The molecule has 5 heteroatoms. The summed E-state index contributed by atoms with van der Waals surface area (Å²) in [6.45, 7) is 0. The molecule has 6 unspecified atom stereocenters. The molecule has 0 spiro atoms. The smallest absolute Gasteiger partial charge is 0.176 e. The Bertz CT molecular complexity index is 428. The average Bonchev–Trinajstić information content (AvgIpc) is 3.06. The Morgan fingerprint density at radius 2 is 1.16 bits per heavy atom. The van der Waals surface area contributed by atoms with Crippen molar-refractivity contribution in [3.05, 3.63) is 0 Å². The van der Waals surface area contributed by atoms with Gasteiger partial charge in [-0.2, -0.15) is 0 Å². The maximum absolute atomic E-state index is 8.12. The largest absolute Gasteiger partial charge is 0.276 e. The van der Waals surface area contributed by atoms with Gasteiger partial charge in [0.05, 0.1) is 12.2 Å². The van der Waals surface area contributed by atoms with E-state index in [0.717, 1.165) is 24.7 Å². The van der Waals surface area contributed by atoms with Crippen LogP contribution >= 0.6 is 0 Å². The summed E-state index contributed by atoms with van der Waals surface area (Å²) in [6.07, 6.45) is 10.1. The first-order valence-electron chi connectivity index (χ1n) is 7.78. The normalized spacial score (nSPS) is 48.2. The Hall–Kier alpha value is -0.130. The van der Waals surface area contributed by atoms with Crippen LogP contribution in [0.1, 0.15) is 51.4 Å². The highest BCUT2D eigenvalue weighted by Gasteiger charge is 2.44. The van der Waals surface area contributed by atoms with Crippen LogP contribution in [-0.4, -0.2) is 12.2 Å². The van der Waals surface area contributed by atoms with Gasteiger partial charge in [-0.05, 0) is 75.0 Å². The Morgan fingerprint density at radius 1 is 0.684 bits per heavy atom. The summed E-state index contributed by atoms with van der Waals surface area (Å²) >= 11 is 0. The average molecular weight is 284 g/mol. The van der Waals surface area contributed by atoms with Crippen LogP contribution in [0.2, 0.25) is 0 Å². The van der Waals surface area contributed by atoms with Crippen LogP contribution in [0.3, 0.4) is 0 Å². The van der Waals surface area contributed by atoms with Crippen LogP contribution in [-0.2, 0) is 18.5 Å². The molecule has 0 aromatic carbocycles. The fraction of sp³-hybridized carbons (Fsp3) is 1.00. The van der Waals surface area contributed by atoms with E-state index in [1.54, 1.807) is 0 Å². The zero-order valence-electron chi connectivity index (χ0n) is 11.3. The van der Waals surface area contributed by atoms with Gasteiger partial charge in [0, 0.05) is 0 Å². The van der Waals surface area contributed by atoms with E-state index < -0.39 is 10.2 Å². The van der Waals surface area contributed by atoms with E-state index in [2.05, 4.69) is 0 Å². The Morgan fingerprint density at radius 3 is 1.47 bits per heavy atom. The molecule has 0 saturated heterocycles. The molecule has 4 fully saturated rings. The van der Waals surface area contributed by atoms with Crippen LogP contribution in [0, 0.1) is 33.2 Å². The first-order valence-corrected chi connectivity index (χ1v) is 9.26. The van der Waals surface area contributed by atoms with Gasteiger partial charge in [-0.15, -0.1) is 0 Å². The van der Waals surface area contributed by atoms with Gasteiger partial charge in [0.25, 0.3) is 0 Å². The SMILES string of the molecule is N=S(=N)(OC1CC2CCC1C2)OC1CC2CCC1C2. The molecule has 0 radical (unpaired) electrons. The summed E-state index contributed by atoms with van der Waals surface area (Å²) < 4.78 is 27.8. The second-order valence-electron chi connectivity index (χ2n) is 7.12. The number of hydrogen-bond acceptors (Lipinski definition) is 4. The molecule has 4 aliphatic carbocycles. The van der Waals surface area contributed by atoms with Crippen LogP contribution in [0.5, 0.6) is 0 Å². The van der Waals surface area contributed by atoms with Crippen molar-refractivity contribution in [1.82, 2.24) is 0 Å². The van der Waals surface area contributed by atoms with Gasteiger partial charge >= 0.3 is 0 Å². The monoisotopic (exact) mass is 284 g/mol. The quantitative estimate of drug-likeness (QED) is 0.822. The van der Waals surface area contributed by atoms with Crippen LogP contribution in [0.4, 0.5) is 0 Å². The van der Waals surface area contributed by atoms with E-state index in [4.69, 9.17) is 17.9 Å². The van der Waals surface area contributed by atoms with Crippen molar-refractivity contribution in [3.63, 3.8) is 0 Å². The van der Waals surface area contributed by atoms with Crippen molar-refractivity contribution < 1.29 is 8.37 Å². The number of fused-ring (bicyclic) bond motifs is 4. The minimum Gasteiger partial charge on any atom is -0.276 e. The van der Waals surface area contributed by atoms with Gasteiger partial charge in [0.1, 0.15) is 0 Å². The number of rotatable bonds is 4. The Balaban J connectivity index is 1.37. The maximum atomic E-state index is 8.12. The zero-order chi connectivity index (χ0) is 13.0. The molecule has 19 heavy (non-hydrogen) atoms. The third-order valence-corrected chi connectivity index (χ3v) is 6.90. The second kappa shape index (κ2) is 4.43. The molecule has 4 aliphatic rings. The van der Waals surface area contributed by atoms with Crippen molar-refractivity contribution in [3.8, 4) is 0 Å². The van der Waals surface area contributed by atoms with Crippen LogP contribution < -0.4 is 0 Å². The number of nitrogens with one attached hydrogen (secondary N) is 2. The predicted octanol–water partition coefficient (Wildman–Crippen LogP) is 3.91. The third kappa shape index (κ3) is 2.34. The highest BCUT2D eigenvalue weighted by molar-refractivity contribution is 7.84. The minimum absolute atomic E-state index is 0.141.